The minimum atomic E-state index is -1.25. The van der Waals surface area contributed by atoms with Gasteiger partial charge in [0.05, 0.1) is 16.8 Å². The molecule has 0 spiro atoms. The fourth-order valence-electron chi connectivity index (χ4n) is 7.86. The number of ether oxygens (including phenoxy) is 1. The molecule has 4 fully saturated rings. The zero-order chi connectivity index (χ0) is 23.8. The molecule has 5 N–H and O–H groups in total. The Morgan fingerprint density at radius 2 is 1.48 bits per heavy atom. The molecule has 0 aliphatic heterocycles. The van der Waals surface area contributed by atoms with Crippen molar-refractivity contribution in [1.82, 2.24) is 0 Å². The van der Waals surface area contributed by atoms with Gasteiger partial charge < -0.3 is 25.8 Å². The summed E-state index contributed by atoms with van der Waals surface area (Å²) in [5, 5.41) is 29.2. The average Bonchev–Trinajstić information content (AvgIpc) is 2.67. The van der Waals surface area contributed by atoms with Crippen LogP contribution in [0.25, 0.3) is 0 Å². The molecule has 4 aliphatic carbocycles. The van der Waals surface area contributed by atoms with Crippen molar-refractivity contribution in [2.24, 2.45) is 16.7 Å². The van der Waals surface area contributed by atoms with Crippen molar-refractivity contribution in [3.63, 3.8) is 0 Å². The number of nitrogens with two attached hydrogens (primary N) is 1. The lowest BCUT2D eigenvalue weighted by atomic mass is 9.39. The second-order valence-electron chi connectivity index (χ2n) is 11.3. The highest BCUT2D eigenvalue weighted by Crippen LogP contribution is 2.70. The molecule has 2 atom stereocenters. The molecule has 4 aliphatic rings. The second kappa shape index (κ2) is 6.89. The lowest BCUT2D eigenvalue weighted by molar-refractivity contribution is -0.110. The standard InChI is InChI=1S/C26H29NO6/c1-24-8-14-9-25(2,11-24)13-26(10-14,12-24)18-6-19(27)20(28)7-21(18)33-17-4-15(22(29)30)3-16(5-17)23(31)32/h3-7,14,28H,8-13,27H2,1-2H3,(H,29,30)(H,31,32). The van der Waals surface area contributed by atoms with Gasteiger partial charge in [-0.3, -0.25) is 0 Å². The first-order valence-corrected chi connectivity index (χ1v) is 11.3. The van der Waals surface area contributed by atoms with E-state index >= 15 is 0 Å². The molecular formula is C26H29NO6. The Morgan fingerprint density at radius 1 is 0.909 bits per heavy atom. The summed E-state index contributed by atoms with van der Waals surface area (Å²) in [5.74, 6) is -1.50. The van der Waals surface area contributed by atoms with Gasteiger partial charge in [0.25, 0.3) is 0 Å². The van der Waals surface area contributed by atoms with E-state index in [1.165, 1.54) is 37.5 Å². The third-order valence-corrected chi connectivity index (χ3v) is 7.95. The summed E-state index contributed by atoms with van der Waals surface area (Å²) < 4.78 is 6.14. The fraction of sp³-hybridized carbons (Fsp3) is 0.462. The Labute approximate surface area is 192 Å². The molecule has 0 amide bonds. The highest BCUT2D eigenvalue weighted by Gasteiger charge is 2.61. The molecule has 6 rings (SSSR count). The largest absolute Gasteiger partial charge is 0.506 e. The van der Waals surface area contributed by atoms with E-state index < -0.39 is 11.9 Å². The van der Waals surface area contributed by atoms with Gasteiger partial charge in [0.1, 0.15) is 17.2 Å². The number of carboxylic acid groups (broad SMARTS) is 2. The van der Waals surface area contributed by atoms with Crippen LogP contribution in [0.15, 0.2) is 30.3 Å². The number of phenols is 1. The van der Waals surface area contributed by atoms with Crippen molar-refractivity contribution in [2.45, 2.75) is 57.8 Å². The van der Waals surface area contributed by atoms with E-state index in [4.69, 9.17) is 10.5 Å². The Bertz CT molecular complexity index is 1140. The smallest absolute Gasteiger partial charge is 0.335 e. The molecule has 7 heteroatoms. The number of anilines is 1. The summed E-state index contributed by atoms with van der Waals surface area (Å²) in [5.41, 5.74) is 7.28. The van der Waals surface area contributed by atoms with Crippen LogP contribution in [0.5, 0.6) is 17.2 Å². The van der Waals surface area contributed by atoms with Gasteiger partial charge in [0, 0.05) is 17.0 Å². The van der Waals surface area contributed by atoms with E-state index in [0.717, 1.165) is 30.9 Å². The molecule has 0 heterocycles. The number of benzene rings is 2. The van der Waals surface area contributed by atoms with Crippen LogP contribution in [0.4, 0.5) is 5.69 Å². The van der Waals surface area contributed by atoms with Crippen LogP contribution in [0.1, 0.15) is 78.7 Å². The van der Waals surface area contributed by atoms with Crippen molar-refractivity contribution in [2.75, 3.05) is 5.73 Å². The zero-order valence-electron chi connectivity index (χ0n) is 18.9. The van der Waals surface area contributed by atoms with E-state index in [0.29, 0.717) is 11.7 Å². The van der Waals surface area contributed by atoms with Gasteiger partial charge in [-0.1, -0.05) is 13.8 Å². The maximum Gasteiger partial charge on any atom is 0.335 e. The molecule has 4 bridgehead atoms. The summed E-state index contributed by atoms with van der Waals surface area (Å²) >= 11 is 0. The number of rotatable bonds is 5. The molecule has 4 saturated carbocycles. The van der Waals surface area contributed by atoms with Crippen LogP contribution in [-0.4, -0.2) is 27.3 Å². The lowest BCUT2D eigenvalue weighted by Gasteiger charge is -2.65. The molecule has 2 unspecified atom stereocenters. The van der Waals surface area contributed by atoms with E-state index in [1.807, 2.05) is 0 Å². The molecule has 33 heavy (non-hydrogen) atoms. The number of carboxylic acids is 2. The van der Waals surface area contributed by atoms with Gasteiger partial charge in [-0.25, -0.2) is 9.59 Å². The Kier molecular flexibility index (Phi) is 4.51. The number of aromatic carboxylic acids is 2. The molecule has 174 valence electrons. The van der Waals surface area contributed by atoms with E-state index in [2.05, 4.69) is 13.8 Å². The number of nitrogen functional groups attached to an aromatic ring is 1. The molecule has 2 aromatic carbocycles. The summed E-state index contributed by atoms with van der Waals surface area (Å²) in [7, 11) is 0. The van der Waals surface area contributed by atoms with Gasteiger partial charge >= 0.3 is 11.9 Å². The van der Waals surface area contributed by atoms with Crippen LogP contribution in [0, 0.1) is 16.7 Å². The van der Waals surface area contributed by atoms with E-state index in [1.54, 1.807) is 6.07 Å². The topological polar surface area (TPSA) is 130 Å². The molecular weight excluding hydrogens is 422 g/mol. The van der Waals surface area contributed by atoms with Gasteiger partial charge in [0.15, 0.2) is 0 Å². The van der Waals surface area contributed by atoms with Crippen molar-refractivity contribution in [3.05, 3.63) is 47.0 Å². The van der Waals surface area contributed by atoms with Gasteiger partial charge in [-0.2, -0.15) is 0 Å². The Balaban J connectivity index is 1.62. The quantitative estimate of drug-likeness (QED) is 0.353. The maximum atomic E-state index is 11.5. The molecule has 2 aromatic rings. The second-order valence-corrected chi connectivity index (χ2v) is 11.3. The van der Waals surface area contributed by atoms with E-state index in [-0.39, 0.29) is 44.6 Å². The number of carbonyl (C=O) groups is 2. The van der Waals surface area contributed by atoms with Gasteiger partial charge in [0.2, 0.25) is 0 Å². The van der Waals surface area contributed by atoms with Gasteiger partial charge in [-0.15, -0.1) is 0 Å². The number of aromatic hydroxyl groups is 1. The normalized spacial score (nSPS) is 32.0. The summed E-state index contributed by atoms with van der Waals surface area (Å²) in [4.78, 5) is 23.1. The van der Waals surface area contributed by atoms with Crippen LogP contribution >= 0.6 is 0 Å². The van der Waals surface area contributed by atoms with Crippen LogP contribution in [0.2, 0.25) is 0 Å². The summed E-state index contributed by atoms with van der Waals surface area (Å²) in [6.45, 7) is 4.73. The Morgan fingerprint density at radius 3 is 2.00 bits per heavy atom. The highest BCUT2D eigenvalue weighted by molar-refractivity contribution is 5.94. The molecule has 7 nitrogen and oxygen atoms in total. The predicted octanol–water partition coefficient (Wildman–Crippen LogP) is 5.41. The number of hydrogen-bond acceptors (Lipinski definition) is 5. The highest BCUT2D eigenvalue weighted by atomic mass is 16.5. The maximum absolute atomic E-state index is 11.5. The third kappa shape index (κ3) is 3.59. The van der Waals surface area contributed by atoms with Crippen LogP contribution in [0.3, 0.4) is 0 Å². The zero-order valence-corrected chi connectivity index (χ0v) is 18.9. The van der Waals surface area contributed by atoms with Crippen molar-refractivity contribution < 1.29 is 29.6 Å². The minimum absolute atomic E-state index is 0.0971. The van der Waals surface area contributed by atoms with Crippen molar-refractivity contribution in [1.29, 1.82) is 0 Å². The first kappa shape index (κ1) is 21.6. The van der Waals surface area contributed by atoms with Crippen molar-refractivity contribution >= 4 is 17.6 Å². The molecule has 0 aromatic heterocycles. The van der Waals surface area contributed by atoms with Crippen molar-refractivity contribution in [3.8, 4) is 17.2 Å². The Hall–Kier alpha value is -3.22. The summed E-state index contributed by atoms with van der Waals surface area (Å²) in [6, 6.07) is 6.97. The SMILES string of the molecule is CC12CC3CC(C)(C1)CC(c1cc(N)c(O)cc1Oc1cc(C(=O)O)cc(C(=O)O)c1)(C3)C2. The minimum Gasteiger partial charge on any atom is -0.506 e. The lowest BCUT2D eigenvalue weighted by Crippen LogP contribution is -2.56. The monoisotopic (exact) mass is 451 g/mol. The predicted molar refractivity (Wildman–Crippen MR) is 122 cm³/mol. The average molecular weight is 452 g/mol. The van der Waals surface area contributed by atoms with Crippen LogP contribution in [-0.2, 0) is 5.41 Å². The number of hydrogen-bond donors (Lipinski definition) is 4. The van der Waals surface area contributed by atoms with Crippen LogP contribution < -0.4 is 10.5 Å². The first-order valence-electron chi connectivity index (χ1n) is 11.3. The molecule has 0 saturated heterocycles. The van der Waals surface area contributed by atoms with Gasteiger partial charge in [-0.05, 0) is 79.5 Å². The van der Waals surface area contributed by atoms with E-state index in [9.17, 15) is 24.9 Å². The number of phenolic OH excluding ortho intramolecular Hbond substituents is 1. The molecule has 0 radical (unpaired) electrons. The first-order chi connectivity index (χ1) is 15.4. The summed E-state index contributed by atoms with van der Waals surface area (Å²) in [6.07, 6.45) is 6.66. The fourth-order valence-corrected chi connectivity index (χ4v) is 7.86. The third-order valence-electron chi connectivity index (χ3n) is 7.95.